The molecule has 0 aliphatic heterocycles. The van der Waals surface area contributed by atoms with Crippen molar-refractivity contribution < 1.29 is 36.7 Å². The van der Waals surface area contributed by atoms with Crippen LogP contribution in [0.4, 0.5) is 17.6 Å². The summed E-state index contributed by atoms with van der Waals surface area (Å²) in [6, 6.07) is 6.34. The molecule has 1 heterocycles. The van der Waals surface area contributed by atoms with Crippen LogP contribution in [0.2, 0.25) is 0 Å². The summed E-state index contributed by atoms with van der Waals surface area (Å²) >= 11 is 0. The number of halogens is 4. The van der Waals surface area contributed by atoms with E-state index in [2.05, 4.69) is 0 Å². The Balaban J connectivity index is 2.28. The van der Waals surface area contributed by atoms with Gasteiger partial charge in [0.2, 0.25) is 11.2 Å². The molecule has 0 atom stereocenters. The lowest BCUT2D eigenvalue weighted by Gasteiger charge is -2.19. The zero-order valence-corrected chi connectivity index (χ0v) is 14.8. The Morgan fingerprint density at radius 3 is 2.32 bits per heavy atom. The van der Waals surface area contributed by atoms with Gasteiger partial charge in [-0.3, -0.25) is 4.79 Å². The molecular weight excluding hydrogens is 382 g/mol. The van der Waals surface area contributed by atoms with Gasteiger partial charge in [-0.05, 0) is 30.3 Å². The van der Waals surface area contributed by atoms with E-state index in [1.165, 1.54) is 0 Å². The van der Waals surface area contributed by atoms with E-state index in [9.17, 15) is 27.5 Å². The van der Waals surface area contributed by atoms with Crippen LogP contribution in [-0.2, 0) is 12.7 Å². The topological polar surface area (TPSA) is 66.9 Å². The minimum Gasteiger partial charge on any atom is -0.872 e. The molecule has 148 valence electrons. The maximum absolute atomic E-state index is 13.6. The number of hydrogen-bond donors (Lipinski definition) is 1. The standard InChI is InChI=1S/C19H15F4NO4/c1-24(2)9-13-14(25)8-7-12-15(26)17(18(19(21,22)23)28-16(12)13)27-11-5-3-10(20)4-6-11/h3-8,25H,9H2,1-2H3. The van der Waals surface area contributed by atoms with Crippen molar-refractivity contribution >= 4 is 11.0 Å². The molecule has 2 aromatic carbocycles. The second-order valence-corrected chi connectivity index (χ2v) is 6.45. The molecule has 0 bridgehead atoms. The smallest absolute Gasteiger partial charge is 0.453 e. The third-order valence-corrected chi connectivity index (χ3v) is 3.90. The Bertz CT molecular complexity index is 1070. The van der Waals surface area contributed by atoms with Crippen LogP contribution >= 0.6 is 0 Å². The van der Waals surface area contributed by atoms with Crippen LogP contribution in [0.25, 0.3) is 11.0 Å². The lowest BCUT2D eigenvalue weighted by atomic mass is 10.1. The molecule has 0 saturated carbocycles. The number of quaternary nitrogens is 1. The van der Waals surface area contributed by atoms with Crippen LogP contribution < -0.4 is 20.2 Å². The quantitative estimate of drug-likeness (QED) is 0.687. The SMILES string of the molecule is C[NH+](C)Cc1c([O-])ccc2c(=O)c(Oc3ccc(F)cc3)c(C(F)(F)F)oc12. The van der Waals surface area contributed by atoms with Gasteiger partial charge >= 0.3 is 6.18 Å². The number of fused-ring (bicyclic) bond motifs is 1. The number of alkyl halides is 3. The Kier molecular flexibility index (Phi) is 5.03. The third kappa shape index (κ3) is 3.79. The van der Waals surface area contributed by atoms with E-state index < -0.39 is 40.3 Å². The number of hydrogen-bond acceptors (Lipinski definition) is 4. The van der Waals surface area contributed by atoms with Gasteiger partial charge in [-0.15, -0.1) is 0 Å². The fraction of sp³-hybridized carbons (Fsp3) is 0.211. The van der Waals surface area contributed by atoms with Crippen molar-refractivity contribution in [2.75, 3.05) is 14.1 Å². The predicted octanol–water partition coefficient (Wildman–Crippen LogP) is 2.46. The van der Waals surface area contributed by atoms with Gasteiger partial charge in [0.1, 0.15) is 23.7 Å². The zero-order valence-electron chi connectivity index (χ0n) is 14.8. The number of benzene rings is 2. The van der Waals surface area contributed by atoms with Crippen molar-refractivity contribution in [2.24, 2.45) is 0 Å². The van der Waals surface area contributed by atoms with E-state index >= 15 is 0 Å². The van der Waals surface area contributed by atoms with Gasteiger partial charge in [0.05, 0.1) is 19.5 Å². The fourth-order valence-corrected chi connectivity index (χ4v) is 2.70. The van der Waals surface area contributed by atoms with Crippen LogP contribution in [0.3, 0.4) is 0 Å². The zero-order chi connectivity index (χ0) is 20.6. The molecule has 1 N–H and O–H groups in total. The van der Waals surface area contributed by atoms with Gasteiger partial charge in [0.15, 0.2) is 0 Å². The van der Waals surface area contributed by atoms with Crippen LogP contribution in [0.5, 0.6) is 17.2 Å². The van der Waals surface area contributed by atoms with Gasteiger partial charge in [-0.25, -0.2) is 4.39 Å². The van der Waals surface area contributed by atoms with E-state index in [1.807, 2.05) is 0 Å². The molecule has 0 spiro atoms. The first-order valence-electron chi connectivity index (χ1n) is 8.17. The average molecular weight is 397 g/mol. The van der Waals surface area contributed by atoms with Gasteiger partial charge in [-0.2, -0.15) is 13.2 Å². The van der Waals surface area contributed by atoms with Gasteiger partial charge in [0.25, 0.3) is 5.76 Å². The van der Waals surface area contributed by atoms with Crippen LogP contribution in [0.15, 0.2) is 45.6 Å². The molecule has 3 rings (SSSR count). The summed E-state index contributed by atoms with van der Waals surface area (Å²) in [4.78, 5) is 13.5. The third-order valence-electron chi connectivity index (χ3n) is 3.90. The predicted molar refractivity (Wildman–Crippen MR) is 89.9 cm³/mol. The van der Waals surface area contributed by atoms with E-state index in [1.54, 1.807) is 14.1 Å². The van der Waals surface area contributed by atoms with Crippen molar-refractivity contribution in [2.45, 2.75) is 12.7 Å². The highest BCUT2D eigenvalue weighted by Crippen LogP contribution is 2.39. The highest BCUT2D eigenvalue weighted by molar-refractivity contribution is 5.83. The summed E-state index contributed by atoms with van der Waals surface area (Å²) in [5, 5.41) is 11.9. The summed E-state index contributed by atoms with van der Waals surface area (Å²) in [5.74, 6) is -4.05. The van der Waals surface area contributed by atoms with Crippen LogP contribution in [-0.4, -0.2) is 14.1 Å². The normalized spacial score (nSPS) is 12.0. The Labute approximate surface area is 156 Å². The van der Waals surface area contributed by atoms with Crippen molar-refractivity contribution in [3.8, 4) is 17.2 Å². The molecule has 9 heteroatoms. The first-order chi connectivity index (χ1) is 13.1. The van der Waals surface area contributed by atoms with E-state index in [0.717, 1.165) is 41.3 Å². The Morgan fingerprint density at radius 2 is 1.75 bits per heavy atom. The largest absolute Gasteiger partial charge is 0.872 e. The number of ether oxygens (including phenoxy) is 1. The van der Waals surface area contributed by atoms with Gasteiger partial charge in [0, 0.05) is 5.56 Å². The first kappa shape index (κ1) is 19.7. The molecule has 0 fully saturated rings. The molecule has 0 aliphatic carbocycles. The van der Waals surface area contributed by atoms with E-state index in [4.69, 9.17) is 9.15 Å². The number of nitrogens with one attached hydrogen (secondary N) is 1. The summed E-state index contributed by atoms with van der Waals surface area (Å²) < 4.78 is 63.8. The van der Waals surface area contributed by atoms with E-state index in [-0.39, 0.29) is 23.2 Å². The molecule has 0 radical (unpaired) electrons. The summed E-state index contributed by atoms with van der Waals surface area (Å²) in [5.41, 5.74) is -1.53. The minimum atomic E-state index is -5.05. The molecule has 0 amide bonds. The van der Waals surface area contributed by atoms with Crippen molar-refractivity contribution in [3.05, 3.63) is 63.8 Å². The van der Waals surface area contributed by atoms with Crippen LogP contribution in [0, 0.1) is 5.82 Å². The highest BCUT2D eigenvalue weighted by Gasteiger charge is 2.41. The minimum absolute atomic E-state index is 0.0339. The van der Waals surface area contributed by atoms with E-state index in [0.29, 0.717) is 0 Å². The molecule has 3 aromatic rings. The van der Waals surface area contributed by atoms with Crippen molar-refractivity contribution in [3.63, 3.8) is 0 Å². The molecule has 1 aromatic heterocycles. The molecule has 28 heavy (non-hydrogen) atoms. The summed E-state index contributed by atoms with van der Waals surface area (Å²) in [6.07, 6.45) is -5.05. The van der Waals surface area contributed by atoms with Gasteiger partial charge < -0.3 is 19.2 Å². The first-order valence-corrected chi connectivity index (χ1v) is 8.17. The highest BCUT2D eigenvalue weighted by atomic mass is 19.4. The maximum atomic E-state index is 13.6. The second-order valence-electron chi connectivity index (χ2n) is 6.45. The lowest BCUT2D eigenvalue weighted by molar-refractivity contribution is -0.872. The molecule has 0 saturated heterocycles. The average Bonchev–Trinajstić information content (AvgIpc) is 2.60. The fourth-order valence-electron chi connectivity index (χ4n) is 2.70. The second kappa shape index (κ2) is 7.16. The summed E-state index contributed by atoms with van der Waals surface area (Å²) in [6.45, 7) is 0.0641. The lowest BCUT2D eigenvalue weighted by Crippen LogP contribution is -3.04. The Morgan fingerprint density at radius 1 is 1.11 bits per heavy atom. The summed E-state index contributed by atoms with van der Waals surface area (Å²) in [7, 11) is 3.40. The van der Waals surface area contributed by atoms with Crippen molar-refractivity contribution in [1.29, 1.82) is 0 Å². The maximum Gasteiger partial charge on any atom is 0.453 e. The molecular formula is C19H15F4NO4. The Hall–Kier alpha value is -3.07. The van der Waals surface area contributed by atoms with Crippen LogP contribution in [0.1, 0.15) is 11.3 Å². The monoisotopic (exact) mass is 397 g/mol. The van der Waals surface area contributed by atoms with Crippen molar-refractivity contribution in [1.82, 2.24) is 0 Å². The molecule has 0 aliphatic rings. The molecule has 5 nitrogen and oxygen atoms in total. The molecule has 0 unspecified atom stereocenters. The number of rotatable bonds is 4. The van der Waals surface area contributed by atoms with Gasteiger partial charge in [-0.1, -0.05) is 11.8 Å².